The molecule has 0 atom stereocenters. The highest BCUT2D eigenvalue weighted by atomic mass is 79.9. The number of rotatable bonds is 7. The van der Waals surface area contributed by atoms with Gasteiger partial charge in [-0.15, -0.1) is 0 Å². The van der Waals surface area contributed by atoms with Gasteiger partial charge in [0.05, 0.1) is 22.1 Å². The Morgan fingerprint density at radius 1 is 1.50 bits per heavy atom. The van der Waals surface area contributed by atoms with Gasteiger partial charge in [-0.1, -0.05) is 12.1 Å². The molecule has 0 spiro atoms. The molecular weight excluding hydrogens is 300 g/mol. The van der Waals surface area contributed by atoms with Crippen LogP contribution in [0.3, 0.4) is 0 Å². The summed E-state index contributed by atoms with van der Waals surface area (Å²) >= 11 is 3.26. The Kier molecular flexibility index (Phi) is 6.24. The number of nitrogens with one attached hydrogen (secondary N) is 1. The zero-order chi connectivity index (χ0) is 13.5. The summed E-state index contributed by atoms with van der Waals surface area (Å²) in [6.07, 6.45) is 0.219. The van der Waals surface area contributed by atoms with Gasteiger partial charge in [-0.3, -0.25) is 10.1 Å². The van der Waals surface area contributed by atoms with Crippen molar-refractivity contribution in [2.24, 2.45) is 0 Å². The second-order valence-corrected chi connectivity index (χ2v) is 4.90. The average molecular weight is 317 g/mol. The molecule has 0 heterocycles. The van der Waals surface area contributed by atoms with Crippen LogP contribution in [-0.2, 0) is 11.3 Å². The first-order valence-corrected chi connectivity index (χ1v) is 6.55. The molecule has 0 aliphatic carbocycles. The maximum atomic E-state index is 10.8. The fraction of sp³-hybridized carbons (Fsp3) is 0.500. The SMILES string of the molecule is CC(C)OCCNCc1cccc([N+](=O)[O-])c1Br. The van der Waals surface area contributed by atoms with Gasteiger partial charge >= 0.3 is 0 Å². The second-order valence-electron chi connectivity index (χ2n) is 4.10. The lowest BCUT2D eigenvalue weighted by Gasteiger charge is -2.09. The Hall–Kier alpha value is -0.980. The van der Waals surface area contributed by atoms with Gasteiger partial charge in [0.2, 0.25) is 0 Å². The fourth-order valence-corrected chi connectivity index (χ4v) is 1.98. The van der Waals surface area contributed by atoms with Crippen LogP contribution in [0.15, 0.2) is 22.7 Å². The number of benzene rings is 1. The molecule has 0 fully saturated rings. The highest BCUT2D eigenvalue weighted by Gasteiger charge is 2.14. The summed E-state index contributed by atoms with van der Waals surface area (Å²) in [5.41, 5.74) is 0.960. The Bertz CT molecular complexity index is 410. The normalized spacial score (nSPS) is 10.9. The molecular formula is C12H17BrN2O3. The Morgan fingerprint density at radius 3 is 2.83 bits per heavy atom. The Labute approximate surface area is 115 Å². The van der Waals surface area contributed by atoms with Crippen molar-refractivity contribution in [1.82, 2.24) is 5.32 Å². The van der Waals surface area contributed by atoms with Gasteiger partial charge in [-0.2, -0.15) is 0 Å². The summed E-state index contributed by atoms with van der Waals surface area (Å²) in [5, 5.41) is 13.9. The number of nitro benzene ring substituents is 1. The zero-order valence-corrected chi connectivity index (χ0v) is 12.1. The molecule has 18 heavy (non-hydrogen) atoms. The van der Waals surface area contributed by atoms with E-state index < -0.39 is 4.92 Å². The molecule has 1 N–H and O–H groups in total. The van der Waals surface area contributed by atoms with Gasteiger partial charge in [0.15, 0.2) is 0 Å². The lowest BCUT2D eigenvalue weighted by molar-refractivity contribution is -0.385. The first-order chi connectivity index (χ1) is 8.52. The molecule has 1 rings (SSSR count). The van der Waals surface area contributed by atoms with E-state index >= 15 is 0 Å². The van der Waals surface area contributed by atoms with Crippen molar-refractivity contribution in [3.63, 3.8) is 0 Å². The molecule has 0 aliphatic rings. The summed E-state index contributed by atoms with van der Waals surface area (Å²) in [7, 11) is 0. The summed E-state index contributed by atoms with van der Waals surface area (Å²) in [5.74, 6) is 0. The minimum Gasteiger partial charge on any atom is -0.377 e. The maximum Gasteiger partial charge on any atom is 0.283 e. The third-order valence-electron chi connectivity index (χ3n) is 2.30. The molecule has 1 aromatic carbocycles. The quantitative estimate of drug-likeness (QED) is 0.477. The van der Waals surface area contributed by atoms with E-state index in [0.29, 0.717) is 24.2 Å². The number of nitrogens with zero attached hydrogens (tertiary/aromatic N) is 1. The van der Waals surface area contributed by atoms with Crippen molar-refractivity contribution < 1.29 is 9.66 Å². The van der Waals surface area contributed by atoms with Crippen LogP contribution in [-0.4, -0.2) is 24.2 Å². The minimum atomic E-state index is -0.393. The van der Waals surface area contributed by atoms with E-state index in [2.05, 4.69) is 21.2 Å². The summed E-state index contributed by atoms with van der Waals surface area (Å²) in [4.78, 5) is 10.4. The van der Waals surface area contributed by atoms with E-state index in [1.54, 1.807) is 6.07 Å². The van der Waals surface area contributed by atoms with Gasteiger partial charge in [-0.05, 0) is 35.3 Å². The van der Waals surface area contributed by atoms with Crippen molar-refractivity contribution >= 4 is 21.6 Å². The molecule has 0 saturated heterocycles. The monoisotopic (exact) mass is 316 g/mol. The van der Waals surface area contributed by atoms with Crippen molar-refractivity contribution in [3.05, 3.63) is 38.3 Å². The second kappa shape index (κ2) is 7.45. The highest BCUT2D eigenvalue weighted by Crippen LogP contribution is 2.27. The number of halogens is 1. The largest absolute Gasteiger partial charge is 0.377 e. The van der Waals surface area contributed by atoms with E-state index in [9.17, 15) is 10.1 Å². The van der Waals surface area contributed by atoms with Gasteiger partial charge in [0.25, 0.3) is 5.69 Å². The maximum absolute atomic E-state index is 10.8. The minimum absolute atomic E-state index is 0.0905. The van der Waals surface area contributed by atoms with Crippen LogP contribution in [0.4, 0.5) is 5.69 Å². The van der Waals surface area contributed by atoms with Crippen molar-refractivity contribution in [1.29, 1.82) is 0 Å². The summed E-state index contributed by atoms with van der Waals surface area (Å²) < 4.78 is 5.92. The van der Waals surface area contributed by atoms with Crippen molar-refractivity contribution in [2.75, 3.05) is 13.2 Å². The molecule has 1 aromatic rings. The molecule has 0 amide bonds. The Morgan fingerprint density at radius 2 is 2.22 bits per heavy atom. The van der Waals surface area contributed by atoms with Gasteiger partial charge in [-0.25, -0.2) is 0 Å². The predicted octanol–water partition coefficient (Wildman–Crippen LogP) is 2.87. The lowest BCUT2D eigenvalue weighted by atomic mass is 10.2. The first kappa shape index (κ1) is 15.1. The molecule has 6 heteroatoms. The molecule has 0 aliphatic heterocycles. The number of nitro groups is 1. The van der Waals surface area contributed by atoms with Crippen LogP contribution in [0.2, 0.25) is 0 Å². The smallest absolute Gasteiger partial charge is 0.283 e. The van der Waals surface area contributed by atoms with E-state index in [0.717, 1.165) is 5.56 Å². The zero-order valence-electron chi connectivity index (χ0n) is 10.5. The molecule has 0 unspecified atom stereocenters. The molecule has 0 saturated carbocycles. The van der Waals surface area contributed by atoms with Crippen molar-refractivity contribution in [2.45, 2.75) is 26.5 Å². The molecule has 0 bridgehead atoms. The standard InChI is InChI=1S/C12H17BrN2O3/c1-9(2)18-7-6-14-8-10-4-3-5-11(12(10)13)15(16)17/h3-5,9,14H,6-8H2,1-2H3. The van der Waals surface area contributed by atoms with E-state index in [4.69, 9.17) is 4.74 Å². The average Bonchev–Trinajstić information content (AvgIpc) is 2.30. The lowest BCUT2D eigenvalue weighted by Crippen LogP contribution is -2.21. The molecule has 0 aromatic heterocycles. The molecule has 100 valence electrons. The van der Waals surface area contributed by atoms with E-state index in [-0.39, 0.29) is 11.8 Å². The highest BCUT2D eigenvalue weighted by molar-refractivity contribution is 9.10. The fourth-order valence-electron chi connectivity index (χ4n) is 1.43. The molecule has 5 nitrogen and oxygen atoms in total. The Balaban J connectivity index is 2.48. The van der Waals surface area contributed by atoms with Crippen LogP contribution in [0.25, 0.3) is 0 Å². The summed E-state index contributed by atoms with van der Waals surface area (Å²) in [6, 6.07) is 5.02. The van der Waals surface area contributed by atoms with E-state index in [1.807, 2.05) is 19.9 Å². The molecule has 0 radical (unpaired) electrons. The number of ether oxygens (including phenoxy) is 1. The van der Waals surface area contributed by atoms with Crippen molar-refractivity contribution in [3.8, 4) is 0 Å². The van der Waals surface area contributed by atoms with Crippen LogP contribution < -0.4 is 5.32 Å². The van der Waals surface area contributed by atoms with Gasteiger partial charge < -0.3 is 10.1 Å². The van der Waals surface area contributed by atoms with E-state index in [1.165, 1.54) is 6.07 Å². The van der Waals surface area contributed by atoms with Gasteiger partial charge in [0.1, 0.15) is 0 Å². The summed E-state index contributed by atoms with van der Waals surface area (Å²) in [6.45, 7) is 5.88. The number of hydrogen-bond acceptors (Lipinski definition) is 4. The van der Waals surface area contributed by atoms with Crippen LogP contribution in [0.5, 0.6) is 0 Å². The third kappa shape index (κ3) is 4.72. The van der Waals surface area contributed by atoms with Gasteiger partial charge in [0, 0.05) is 19.2 Å². The van der Waals surface area contributed by atoms with Crippen LogP contribution in [0.1, 0.15) is 19.4 Å². The van der Waals surface area contributed by atoms with Crippen LogP contribution in [0, 0.1) is 10.1 Å². The predicted molar refractivity (Wildman–Crippen MR) is 73.6 cm³/mol. The number of hydrogen-bond donors (Lipinski definition) is 1. The van der Waals surface area contributed by atoms with Crippen LogP contribution >= 0.6 is 15.9 Å². The topological polar surface area (TPSA) is 64.4 Å². The first-order valence-electron chi connectivity index (χ1n) is 5.76. The third-order valence-corrected chi connectivity index (χ3v) is 3.22.